The highest BCUT2D eigenvalue weighted by molar-refractivity contribution is 6.28. The number of aromatic nitrogens is 1. The van der Waals surface area contributed by atoms with Gasteiger partial charge >= 0.3 is 6.21 Å². The molecule has 8 atom stereocenters. The van der Waals surface area contributed by atoms with E-state index in [2.05, 4.69) is 58.4 Å². The number of rotatable bonds is 2. The van der Waals surface area contributed by atoms with E-state index in [1.54, 1.807) is 0 Å². The van der Waals surface area contributed by atoms with Crippen molar-refractivity contribution >= 4 is 17.8 Å². The highest BCUT2D eigenvalue weighted by Crippen LogP contribution is 2.76. The third-order valence-electron chi connectivity index (χ3n) is 13.6. The minimum absolute atomic E-state index is 0.00113. The molecular weight excluding hydrogens is 474 g/mol. The smallest absolute Gasteiger partial charge is 0.323 e. The molecule has 0 N–H and O–H groups in total. The molecular formula is C32H45N3O3. The summed E-state index contributed by atoms with van der Waals surface area (Å²) in [6, 6.07) is 0. The molecule has 0 radical (unpaired) electrons. The third-order valence-corrected chi connectivity index (χ3v) is 13.6. The number of carbonyl (C=O) groups excluding carboxylic acids is 2. The largest absolute Gasteiger partial charge is 0.361 e. The van der Waals surface area contributed by atoms with Crippen LogP contribution >= 0.6 is 0 Å². The Hall–Kier alpha value is -2.07. The van der Waals surface area contributed by atoms with Gasteiger partial charge in [-0.25, -0.2) is 0 Å². The molecule has 4 saturated carbocycles. The van der Waals surface area contributed by atoms with Crippen molar-refractivity contribution < 1.29 is 18.9 Å². The maximum atomic E-state index is 14.6. The lowest BCUT2D eigenvalue weighted by Gasteiger charge is -2.72. The zero-order valence-electron chi connectivity index (χ0n) is 24.4. The van der Waals surface area contributed by atoms with E-state index < -0.39 is 5.41 Å². The number of carbonyl (C=O) groups is 2. The summed E-state index contributed by atoms with van der Waals surface area (Å²) >= 11 is 0. The lowest BCUT2D eigenvalue weighted by molar-refractivity contribution is -0.226. The Morgan fingerprint density at radius 1 is 1.03 bits per heavy atom. The molecule has 6 nitrogen and oxygen atoms in total. The van der Waals surface area contributed by atoms with Gasteiger partial charge in [-0.1, -0.05) is 53.6 Å². The predicted octanol–water partition coefficient (Wildman–Crippen LogP) is 6.62. The second-order valence-electron chi connectivity index (χ2n) is 16.0. The van der Waals surface area contributed by atoms with E-state index in [4.69, 9.17) is 4.52 Å². The molecule has 6 rings (SSSR count). The van der Waals surface area contributed by atoms with Crippen molar-refractivity contribution in [3.8, 4) is 0 Å². The average Bonchev–Trinajstić information content (AvgIpc) is 3.29. The first-order chi connectivity index (χ1) is 17.7. The molecule has 5 aliphatic carbocycles. The molecule has 0 unspecified atom stereocenters. The first-order valence-electron chi connectivity index (χ1n) is 14.8. The van der Waals surface area contributed by atoms with Crippen molar-refractivity contribution in [2.24, 2.45) is 50.7 Å². The fraction of sp³-hybridized carbons (Fsp3) is 0.812. The summed E-state index contributed by atoms with van der Waals surface area (Å²) in [4.78, 5) is 31.3. The third kappa shape index (κ3) is 3.04. The van der Waals surface area contributed by atoms with E-state index in [-0.39, 0.29) is 50.6 Å². The molecule has 206 valence electrons. The monoisotopic (exact) mass is 519 g/mol. The van der Waals surface area contributed by atoms with Gasteiger partial charge in [0.25, 0.3) is 0 Å². The number of Topliss-reactive ketones (excluding diaryl/α,β-unsaturated/α-hetero) is 2. The van der Waals surface area contributed by atoms with Crippen LogP contribution in [0.2, 0.25) is 0 Å². The van der Waals surface area contributed by atoms with Gasteiger partial charge in [0.05, 0.1) is 6.20 Å². The topological polar surface area (TPSA) is 96.6 Å². The van der Waals surface area contributed by atoms with Gasteiger partial charge in [0.1, 0.15) is 11.5 Å². The Kier molecular flexibility index (Phi) is 5.35. The van der Waals surface area contributed by atoms with Gasteiger partial charge in [-0.15, -0.1) is 0 Å². The van der Waals surface area contributed by atoms with Crippen LogP contribution in [0.3, 0.4) is 0 Å². The van der Waals surface area contributed by atoms with Crippen LogP contribution in [0.15, 0.2) is 10.7 Å². The van der Waals surface area contributed by atoms with Crippen molar-refractivity contribution in [1.82, 2.24) is 5.16 Å². The van der Waals surface area contributed by atoms with Crippen LogP contribution in [0.5, 0.6) is 0 Å². The number of hydrogen-bond acceptors (Lipinski definition) is 4. The van der Waals surface area contributed by atoms with E-state index >= 15 is 0 Å². The van der Waals surface area contributed by atoms with Gasteiger partial charge in [0.2, 0.25) is 5.78 Å². The normalized spacial score (nSPS) is 46.3. The Morgan fingerprint density at radius 3 is 2.45 bits per heavy atom. The molecule has 0 aromatic carbocycles. The quantitative estimate of drug-likeness (QED) is 0.249. The minimum atomic E-state index is -0.587. The SMILES string of the molecule is CC1(C)CC[C@]2(C(=O)C=[N+]=[N-])CC[C@]3(C)[C@H](C(=O)C[C@@H]4[C@@]5(C)Cc6cnoc6C(C)(C)[C@@H]5CC[C@]43C)[C@@H]2C1. The molecule has 4 fully saturated rings. The summed E-state index contributed by atoms with van der Waals surface area (Å²) in [5, 5.41) is 4.20. The van der Waals surface area contributed by atoms with Crippen molar-refractivity contribution in [2.45, 2.75) is 112 Å². The van der Waals surface area contributed by atoms with Gasteiger partial charge in [-0.3, -0.25) is 9.59 Å². The molecule has 38 heavy (non-hydrogen) atoms. The summed E-state index contributed by atoms with van der Waals surface area (Å²) in [5.74, 6) is 1.91. The molecule has 5 aliphatic rings. The summed E-state index contributed by atoms with van der Waals surface area (Å²) in [6.07, 6.45) is 11.0. The van der Waals surface area contributed by atoms with E-state index in [1.165, 1.54) is 5.56 Å². The Morgan fingerprint density at radius 2 is 1.74 bits per heavy atom. The maximum absolute atomic E-state index is 14.6. The number of fused-ring (bicyclic) bond motifs is 8. The van der Waals surface area contributed by atoms with Crippen molar-refractivity contribution in [2.75, 3.05) is 0 Å². The zero-order chi connectivity index (χ0) is 27.5. The van der Waals surface area contributed by atoms with Crippen LogP contribution in [-0.2, 0) is 21.4 Å². The van der Waals surface area contributed by atoms with E-state index in [0.29, 0.717) is 18.1 Å². The summed E-state index contributed by atoms with van der Waals surface area (Å²) in [6.45, 7) is 16.5. The fourth-order valence-electron chi connectivity index (χ4n) is 11.6. The predicted molar refractivity (Wildman–Crippen MR) is 144 cm³/mol. The summed E-state index contributed by atoms with van der Waals surface area (Å²) in [7, 11) is 0. The molecule has 0 bridgehead atoms. The molecule has 0 aliphatic heterocycles. The van der Waals surface area contributed by atoms with Crippen LogP contribution < -0.4 is 0 Å². The van der Waals surface area contributed by atoms with Crippen LogP contribution in [-0.4, -0.2) is 27.7 Å². The Balaban J connectivity index is 1.46. The van der Waals surface area contributed by atoms with Gasteiger partial charge in [-0.05, 0) is 90.8 Å². The second-order valence-corrected chi connectivity index (χ2v) is 16.0. The van der Waals surface area contributed by atoms with E-state index in [9.17, 15) is 15.1 Å². The number of nitrogens with zero attached hydrogens (tertiary/aromatic N) is 3. The Bertz CT molecular complexity index is 1260. The first-order valence-corrected chi connectivity index (χ1v) is 14.8. The second kappa shape index (κ2) is 7.77. The maximum Gasteiger partial charge on any atom is 0.323 e. The van der Waals surface area contributed by atoms with Gasteiger partial charge in [0, 0.05) is 28.7 Å². The van der Waals surface area contributed by atoms with Crippen LogP contribution in [0, 0.1) is 50.7 Å². The van der Waals surface area contributed by atoms with Crippen LogP contribution in [0.1, 0.15) is 111 Å². The molecule has 1 aromatic rings. The minimum Gasteiger partial charge on any atom is -0.361 e. The zero-order valence-corrected chi connectivity index (χ0v) is 24.4. The molecule has 1 aromatic heterocycles. The van der Waals surface area contributed by atoms with Gasteiger partial charge in [0.15, 0.2) is 0 Å². The molecule has 0 saturated heterocycles. The molecule has 6 heteroatoms. The molecule has 0 amide bonds. The van der Waals surface area contributed by atoms with Gasteiger partial charge < -0.3 is 10.1 Å². The van der Waals surface area contributed by atoms with Gasteiger partial charge in [-0.2, -0.15) is 4.79 Å². The van der Waals surface area contributed by atoms with Crippen LogP contribution in [0.4, 0.5) is 0 Å². The lowest BCUT2D eigenvalue weighted by atomic mass is 9.31. The molecule has 0 spiro atoms. The van der Waals surface area contributed by atoms with Crippen molar-refractivity contribution in [1.29, 1.82) is 0 Å². The molecule has 1 heterocycles. The number of ketones is 2. The van der Waals surface area contributed by atoms with Crippen molar-refractivity contribution in [3.63, 3.8) is 0 Å². The highest BCUT2D eigenvalue weighted by atomic mass is 16.5. The van der Waals surface area contributed by atoms with E-state index in [1.807, 2.05) is 6.20 Å². The standard InChI is InChI=1S/C32H45N3O3/c1-27(2)10-12-32(24(37)18-34-33)13-11-31(7)25(20(32)16-27)21(36)14-23-29(5)15-19-17-35-38-26(19)28(3,4)22(29)8-9-30(23,31)6/h17-18,20,22-23,25H,8-16H2,1-7H3/t20-,22-,23+,25-,29-,30+,31+,32-/m0/s1. The average molecular weight is 520 g/mol. The van der Waals surface area contributed by atoms with Crippen molar-refractivity contribution in [3.05, 3.63) is 23.1 Å². The first kappa shape index (κ1) is 26.2. The fourth-order valence-corrected chi connectivity index (χ4v) is 11.6. The number of hydrogen-bond donors (Lipinski definition) is 0. The van der Waals surface area contributed by atoms with Crippen LogP contribution in [0.25, 0.3) is 5.53 Å². The summed E-state index contributed by atoms with van der Waals surface area (Å²) in [5.41, 5.74) is 9.70. The lowest BCUT2D eigenvalue weighted by Crippen LogP contribution is -2.69. The Labute approximate surface area is 227 Å². The summed E-state index contributed by atoms with van der Waals surface area (Å²) < 4.78 is 5.81. The highest BCUT2D eigenvalue weighted by Gasteiger charge is 2.73. The van der Waals surface area contributed by atoms with E-state index in [0.717, 1.165) is 63.3 Å².